The van der Waals surface area contributed by atoms with Gasteiger partial charge < -0.3 is 5.11 Å². The summed E-state index contributed by atoms with van der Waals surface area (Å²) in [5.41, 5.74) is -1.50. The fraction of sp³-hybridized carbons (Fsp3) is 0.600. The second kappa shape index (κ2) is 4.96. The molecule has 0 spiro atoms. The first kappa shape index (κ1) is 13.5. The Labute approximate surface area is 107 Å². The van der Waals surface area contributed by atoms with Crippen LogP contribution in [-0.4, -0.2) is 5.11 Å². The van der Waals surface area contributed by atoms with Gasteiger partial charge >= 0.3 is 0 Å². The molecule has 1 fully saturated rings. The minimum Gasteiger partial charge on any atom is -0.385 e. The zero-order chi connectivity index (χ0) is 13.3. The summed E-state index contributed by atoms with van der Waals surface area (Å²) in [6.07, 6.45) is 3.09. The zero-order valence-electron chi connectivity index (χ0n) is 10.9. The summed E-state index contributed by atoms with van der Waals surface area (Å²) in [7, 11) is 0. The molecule has 0 radical (unpaired) electrons. The SMILES string of the molecule is CC(C)C1CCCCC1(O)c1c(F)cccc1F. The van der Waals surface area contributed by atoms with E-state index in [-0.39, 0.29) is 17.4 Å². The molecule has 0 bridgehead atoms. The van der Waals surface area contributed by atoms with Crippen molar-refractivity contribution >= 4 is 0 Å². The van der Waals surface area contributed by atoms with Crippen LogP contribution in [0.3, 0.4) is 0 Å². The number of aliphatic hydroxyl groups is 1. The molecule has 1 aromatic carbocycles. The van der Waals surface area contributed by atoms with Crippen LogP contribution in [0.4, 0.5) is 8.78 Å². The summed E-state index contributed by atoms with van der Waals surface area (Å²) in [6, 6.07) is 3.79. The van der Waals surface area contributed by atoms with E-state index in [0.717, 1.165) is 19.3 Å². The summed E-state index contributed by atoms with van der Waals surface area (Å²) in [6.45, 7) is 4.00. The Balaban J connectivity index is 2.50. The predicted molar refractivity (Wildman–Crippen MR) is 67.1 cm³/mol. The van der Waals surface area contributed by atoms with Gasteiger partial charge in [0.25, 0.3) is 0 Å². The highest BCUT2D eigenvalue weighted by atomic mass is 19.1. The monoisotopic (exact) mass is 254 g/mol. The molecule has 1 saturated carbocycles. The van der Waals surface area contributed by atoms with Gasteiger partial charge in [-0.05, 0) is 36.8 Å². The lowest BCUT2D eigenvalue weighted by Gasteiger charge is -2.42. The molecule has 18 heavy (non-hydrogen) atoms. The molecule has 0 amide bonds. The molecule has 2 unspecified atom stereocenters. The number of rotatable bonds is 2. The van der Waals surface area contributed by atoms with Crippen molar-refractivity contribution in [3.8, 4) is 0 Å². The van der Waals surface area contributed by atoms with Crippen LogP contribution in [0.15, 0.2) is 18.2 Å². The zero-order valence-corrected chi connectivity index (χ0v) is 10.9. The third kappa shape index (κ3) is 2.16. The van der Waals surface area contributed by atoms with E-state index in [2.05, 4.69) is 0 Å². The highest BCUT2D eigenvalue weighted by molar-refractivity contribution is 5.28. The first-order chi connectivity index (χ1) is 8.47. The van der Waals surface area contributed by atoms with Gasteiger partial charge in [-0.15, -0.1) is 0 Å². The highest BCUT2D eigenvalue weighted by Crippen LogP contribution is 2.46. The van der Waals surface area contributed by atoms with Crippen LogP contribution < -0.4 is 0 Å². The molecular formula is C15H20F2O. The molecule has 1 aliphatic carbocycles. The molecule has 2 rings (SSSR count). The van der Waals surface area contributed by atoms with Crippen LogP contribution in [0.25, 0.3) is 0 Å². The molecule has 3 heteroatoms. The summed E-state index contributed by atoms with van der Waals surface area (Å²) < 4.78 is 27.8. The quantitative estimate of drug-likeness (QED) is 0.845. The Hall–Kier alpha value is -0.960. The average molecular weight is 254 g/mol. The molecule has 0 aromatic heterocycles. The van der Waals surface area contributed by atoms with Crippen LogP contribution in [0.2, 0.25) is 0 Å². The number of hydrogen-bond donors (Lipinski definition) is 1. The van der Waals surface area contributed by atoms with Crippen LogP contribution in [0.5, 0.6) is 0 Å². The first-order valence-electron chi connectivity index (χ1n) is 6.63. The maximum atomic E-state index is 13.9. The van der Waals surface area contributed by atoms with Gasteiger partial charge in [-0.3, -0.25) is 0 Å². The van der Waals surface area contributed by atoms with E-state index in [9.17, 15) is 13.9 Å². The van der Waals surface area contributed by atoms with Crippen molar-refractivity contribution in [2.45, 2.75) is 45.1 Å². The number of benzene rings is 1. The Kier molecular flexibility index (Phi) is 3.71. The van der Waals surface area contributed by atoms with Crippen molar-refractivity contribution in [3.63, 3.8) is 0 Å². The second-order valence-corrected chi connectivity index (χ2v) is 5.62. The van der Waals surface area contributed by atoms with Gasteiger partial charge in [0.05, 0.1) is 11.2 Å². The van der Waals surface area contributed by atoms with E-state index in [4.69, 9.17) is 0 Å². The van der Waals surface area contributed by atoms with E-state index in [1.165, 1.54) is 18.2 Å². The van der Waals surface area contributed by atoms with Gasteiger partial charge in [0, 0.05) is 0 Å². The van der Waals surface area contributed by atoms with Gasteiger partial charge in [-0.1, -0.05) is 32.8 Å². The van der Waals surface area contributed by atoms with Crippen molar-refractivity contribution in [3.05, 3.63) is 35.4 Å². The Morgan fingerprint density at radius 3 is 2.39 bits per heavy atom. The molecule has 1 nitrogen and oxygen atoms in total. The summed E-state index contributed by atoms with van der Waals surface area (Å²) >= 11 is 0. The van der Waals surface area contributed by atoms with Crippen molar-refractivity contribution in [2.24, 2.45) is 11.8 Å². The number of hydrogen-bond acceptors (Lipinski definition) is 1. The topological polar surface area (TPSA) is 20.2 Å². The van der Waals surface area contributed by atoms with E-state index < -0.39 is 17.2 Å². The van der Waals surface area contributed by atoms with Gasteiger partial charge in [-0.25, -0.2) is 8.78 Å². The molecule has 1 aliphatic rings. The summed E-state index contributed by atoms with van der Waals surface area (Å²) in [5.74, 6) is -1.15. The highest BCUT2D eigenvalue weighted by Gasteiger charge is 2.44. The molecule has 0 heterocycles. The third-order valence-electron chi connectivity index (χ3n) is 4.14. The fourth-order valence-electron chi connectivity index (χ4n) is 3.29. The van der Waals surface area contributed by atoms with Gasteiger partial charge in [0.2, 0.25) is 0 Å². The smallest absolute Gasteiger partial charge is 0.132 e. The minimum atomic E-state index is -1.36. The van der Waals surface area contributed by atoms with Crippen LogP contribution >= 0.6 is 0 Å². The molecule has 1 N–H and O–H groups in total. The van der Waals surface area contributed by atoms with Crippen LogP contribution in [-0.2, 0) is 5.60 Å². The maximum Gasteiger partial charge on any atom is 0.132 e. The van der Waals surface area contributed by atoms with Crippen molar-refractivity contribution in [1.82, 2.24) is 0 Å². The molecule has 0 saturated heterocycles. The molecular weight excluding hydrogens is 234 g/mol. The normalized spacial score (nSPS) is 28.7. The van der Waals surface area contributed by atoms with Gasteiger partial charge in [0.1, 0.15) is 11.6 Å². The Morgan fingerprint density at radius 1 is 1.22 bits per heavy atom. The third-order valence-corrected chi connectivity index (χ3v) is 4.14. The maximum absolute atomic E-state index is 13.9. The Bertz CT molecular complexity index is 410. The Morgan fingerprint density at radius 2 is 1.83 bits per heavy atom. The number of halogens is 2. The molecule has 0 aliphatic heterocycles. The lowest BCUT2D eigenvalue weighted by molar-refractivity contribution is -0.0769. The molecule has 2 atom stereocenters. The van der Waals surface area contributed by atoms with Gasteiger partial charge in [0.15, 0.2) is 0 Å². The predicted octanol–water partition coefficient (Wildman–Crippen LogP) is 4.00. The van der Waals surface area contributed by atoms with Crippen LogP contribution in [0, 0.1) is 23.5 Å². The summed E-state index contributed by atoms with van der Waals surface area (Å²) in [5, 5.41) is 10.9. The molecule has 100 valence electrons. The van der Waals surface area contributed by atoms with E-state index >= 15 is 0 Å². The lowest BCUT2D eigenvalue weighted by atomic mass is 9.67. The first-order valence-corrected chi connectivity index (χ1v) is 6.63. The lowest BCUT2D eigenvalue weighted by Crippen LogP contribution is -2.42. The molecule has 1 aromatic rings. The average Bonchev–Trinajstić information content (AvgIpc) is 2.28. The van der Waals surface area contributed by atoms with Crippen LogP contribution in [0.1, 0.15) is 45.1 Å². The second-order valence-electron chi connectivity index (χ2n) is 5.62. The van der Waals surface area contributed by atoms with Crippen molar-refractivity contribution in [1.29, 1.82) is 0 Å². The largest absolute Gasteiger partial charge is 0.385 e. The minimum absolute atomic E-state index is 0.0855. The summed E-state index contributed by atoms with van der Waals surface area (Å²) in [4.78, 5) is 0. The van der Waals surface area contributed by atoms with E-state index in [0.29, 0.717) is 6.42 Å². The van der Waals surface area contributed by atoms with Gasteiger partial charge in [-0.2, -0.15) is 0 Å². The fourth-order valence-corrected chi connectivity index (χ4v) is 3.29. The van der Waals surface area contributed by atoms with Crippen molar-refractivity contribution < 1.29 is 13.9 Å². The van der Waals surface area contributed by atoms with E-state index in [1.807, 2.05) is 13.8 Å². The van der Waals surface area contributed by atoms with E-state index in [1.54, 1.807) is 0 Å². The van der Waals surface area contributed by atoms with Crippen molar-refractivity contribution in [2.75, 3.05) is 0 Å². The standard InChI is InChI=1S/C15H20F2O/c1-10(2)11-6-3-4-9-15(11,18)14-12(16)7-5-8-13(14)17/h5,7-8,10-11,18H,3-4,6,9H2,1-2H3.